The predicted molar refractivity (Wildman–Crippen MR) is 194 cm³/mol. The molecule has 5 aliphatic carbocycles. The maximum absolute atomic E-state index is 14.3. The summed E-state index contributed by atoms with van der Waals surface area (Å²) < 4.78 is 18.5. The lowest BCUT2D eigenvalue weighted by Gasteiger charge is -2.71. The van der Waals surface area contributed by atoms with E-state index < -0.39 is 42.7 Å². The van der Waals surface area contributed by atoms with E-state index in [0.717, 1.165) is 69.8 Å². The van der Waals surface area contributed by atoms with Gasteiger partial charge in [-0.2, -0.15) is 0 Å². The second-order valence-electron chi connectivity index (χ2n) is 19.6. The quantitative estimate of drug-likeness (QED) is 0.146. The van der Waals surface area contributed by atoms with Crippen molar-refractivity contribution in [1.82, 2.24) is 0 Å². The van der Waals surface area contributed by atoms with Crippen molar-refractivity contribution in [3.63, 3.8) is 0 Å². The number of benzene rings is 1. The van der Waals surface area contributed by atoms with Gasteiger partial charge < -0.3 is 34.6 Å². The highest BCUT2D eigenvalue weighted by Crippen LogP contribution is 2.76. The van der Waals surface area contributed by atoms with Crippen molar-refractivity contribution >= 4 is 5.97 Å². The van der Waals surface area contributed by atoms with Gasteiger partial charge in [-0.05, 0) is 115 Å². The third-order valence-corrected chi connectivity index (χ3v) is 16.3. The predicted octanol–water partition coefficient (Wildman–Crippen LogP) is 6.72. The molecule has 0 amide bonds. The molecule has 1 aromatic carbocycles. The Balaban J connectivity index is 1.16. The highest BCUT2D eigenvalue weighted by Gasteiger charge is 2.69. The van der Waals surface area contributed by atoms with Gasteiger partial charge in [-0.1, -0.05) is 90.4 Å². The molecular weight excluding hydrogens is 644 g/mol. The molecule has 4 N–H and O–H groups in total. The number of hydrogen-bond acceptors (Lipinski definition) is 8. The number of allylic oxidation sites excluding steroid dienone is 2. The highest BCUT2D eigenvalue weighted by atomic mass is 16.7. The lowest BCUT2D eigenvalue weighted by Crippen LogP contribution is -2.66. The van der Waals surface area contributed by atoms with E-state index in [1.807, 2.05) is 30.3 Å². The summed E-state index contributed by atoms with van der Waals surface area (Å²) in [5.41, 5.74) is 2.13. The topological polar surface area (TPSA) is 126 Å². The van der Waals surface area contributed by atoms with Crippen LogP contribution in [0.5, 0.6) is 0 Å². The lowest BCUT2D eigenvalue weighted by molar-refractivity contribution is -0.330. The molecule has 7 rings (SSSR count). The number of aliphatic hydroxyl groups is 4. The van der Waals surface area contributed by atoms with Crippen molar-refractivity contribution in [2.45, 2.75) is 156 Å². The van der Waals surface area contributed by atoms with Crippen LogP contribution in [0.4, 0.5) is 0 Å². The molecule has 1 aliphatic heterocycles. The minimum absolute atomic E-state index is 0.00257. The molecule has 5 fully saturated rings. The van der Waals surface area contributed by atoms with E-state index in [-0.39, 0.29) is 45.1 Å². The lowest BCUT2D eigenvalue weighted by atomic mass is 9.33. The minimum Gasteiger partial charge on any atom is -0.460 e. The number of hydrogen-bond donors (Lipinski definition) is 4. The van der Waals surface area contributed by atoms with Crippen LogP contribution >= 0.6 is 0 Å². The Labute approximate surface area is 305 Å². The molecule has 0 aromatic heterocycles. The van der Waals surface area contributed by atoms with Gasteiger partial charge in [0, 0.05) is 0 Å². The van der Waals surface area contributed by atoms with E-state index in [1.165, 1.54) is 5.57 Å². The zero-order valence-corrected chi connectivity index (χ0v) is 32.1. The molecule has 8 heteroatoms. The molecule has 1 heterocycles. The van der Waals surface area contributed by atoms with Crippen LogP contribution in [-0.2, 0) is 25.6 Å². The van der Waals surface area contributed by atoms with Crippen molar-refractivity contribution in [2.24, 2.45) is 50.2 Å². The fraction of sp³-hybridized carbons (Fsp3) is 0.791. The fourth-order valence-electron chi connectivity index (χ4n) is 13.0. The first kappa shape index (κ1) is 37.5. The van der Waals surface area contributed by atoms with Crippen molar-refractivity contribution in [3.05, 3.63) is 47.5 Å². The Morgan fingerprint density at radius 2 is 1.55 bits per heavy atom. The summed E-state index contributed by atoms with van der Waals surface area (Å²) in [6.45, 7) is 16.8. The third-order valence-electron chi connectivity index (χ3n) is 16.3. The van der Waals surface area contributed by atoms with E-state index >= 15 is 0 Å². The number of fused-ring (bicyclic) bond motifs is 7. The molecule has 8 nitrogen and oxygen atoms in total. The molecule has 13 atom stereocenters. The monoisotopic (exact) mass is 708 g/mol. The number of rotatable bonds is 6. The number of carbonyl (C=O) groups excluding carboxylic acids is 1. The molecule has 284 valence electrons. The maximum Gasteiger partial charge on any atom is 0.313 e. The van der Waals surface area contributed by atoms with Gasteiger partial charge in [-0.15, -0.1) is 0 Å². The normalized spacial score (nSPS) is 47.1. The van der Waals surface area contributed by atoms with Crippen LogP contribution in [0.25, 0.3) is 0 Å². The Morgan fingerprint density at radius 1 is 0.843 bits per heavy atom. The third kappa shape index (κ3) is 5.71. The largest absolute Gasteiger partial charge is 0.460 e. The molecular formula is C43H64O8. The second-order valence-corrected chi connectivity index (χ2v) is 19.6. The molecule has 0 bridgehead atoms. The minimum atomic E-state index is -1.45. The van der Waals surface area contributed by atoms with E-state index in [9.17, 15) is 25.2 Å². The Hall–Kier alpha value is -1.81. The molecule has 1 saturated heterocycles. The summed E-state index contributed by atoms with van der Waals surface area (Å²) in [4.78, 5) is 14.3. The standard InChI is InChI=1S/C43H64O8/c1-38(2)19-21-43(37(48)49-25-26-11-9-8-10-12-26)22-20-41(6)27(28(43)23-38)13-14-31-40(5)17-16-32(39(3,4)30(40)15-18-42(31,41)7)51-36-35(47)34(46)33(45)29(24-44)50-36/h8-13,28-36,44-47H,14-25H2,1-7H3/t28-,29+,30-,31+,32-,33+,34-,35+,36-,40-,41+,42+,43-/m0/s1. The van der Waals surface area contributed by atoms with Crippen LogP contribution in [0.3, 0.4) is 0 Å². The van der Waals surface area contributed by atoms with Crippen molar-refractivity contribution in [2.75, 3.05) is 6.61 Å². The van der Waals surface area contributed by atoms with Crippen molar-refractivity contribution in [3.8, 4) is 0 Å². The number of esters is 1. The van der Waals surface area contributed by atoms with Gasteiger partial charge in [0.1, 0.15) is 31.0 Å². The molecule has 0 spiro atoms. The van der Waals surface area contributed by atoms with Gasteiger partial charge in [0.2, 0.25) is 0 Å². The Kier molecular flexibility index (Phi) is 9.49. The zero-order chi connectivity index (χ0) is 36.8. The molecule has 6 aliphatic rings. The van der Waals surface area contributed by atoms with Gasteiger partial charge >= 0.3 is 5.97 Å². The summed E-state index contributed by atoms with van der Waals surface area (Å²) in [6.07, 6.45) is 5.76. The summed E-state index contributed by atoms with van der Waals surface area (Å²) in [6, 6.07) is 10.1. The van der Waals surface area contributed by atoms with Gasteiger partial charge in [-0.25, -0.2) is 0 Å². The average Bonchev–Trinajstić information content (AvgIpc) is 3.09. The molecule has 0 unspecified atom stereocenters. The van der Waals surface area contributed by atoms with Crippen LogP contribution in [0.1, 0.15) is 118 Å². The van der Waals surface area contributed by atoms with E-state index in [4.69, 9.17) is 14.2 Å². The number of ether oxygens (including phenoxy) is 3. The second kappa shape index (κ2) is 12.9. The van der Waals surface area contributed by atoms with E-state index in [1.54, 1.807) is 0 Å². The van der Waals surface area contributed by atoms with Gasteiger partial charge in [0.15, 0.2) is 6.29 Å². The first-order chi connectivity index (χ1) is 23.9. The first-order valence-corrected chi connectivity index (χ1v) is 19.8. The van der Waals surface area contributed by atoms with Crippen LogP contribution in [-0.4, -0.2) is 69.8 Å². The highest BCUT2D eigenvalue weighted by molar-refractivity contribution is 5.79. The Bertz CT molecular complexity index is 1490. The SMILES string of the molecule is CC1(C)CC[C@]2(C(=O)OCc3ccccc3)CC[C@]3(C)C(=CC[C@@H]4[C@@]5(C)CC[C@H](O[C@@H]6O[C@H](CO)[C@@H](O)[C@H](O)[C@H]6O)C(C)(C)[C@@H]5CC[C@]43C)[C@@H]2C1. The summed E-state index contributed by atoms with van der Waals surface area (Å²) in [5.74, 6) is 1.02. The average molecular weight is 709 g/mol. The van der Waals surface area contributed by atoms with E-state index in [2.05, 4.69) is 54.5 Å². The van der Waals surface area contributed by atoms with Gasteiger partial charge in [0.05, 0.1) is 18.1 Å². The number of carbonyl (C=O) groups is 1. The first-order valence-electron chi connectivity index (χ1n) is 19.8. The maximum atomic E-state index is 14.3. The van der Waals surface area contributed by atoms with Gasteiger partial charge in [-0.3, -0.25) is 4.79 Å². The summed E-state index contributed by atoms with van der Waals surface area (Å²) in [7, 11) is 0. The fourth-order valence-corrected chi connectivity index (χ4v) is 13.0. The number of aliphatic hydroxyl groups excluding tert-OH is 4. The molecule has 4 saturated carbocycles. The van der Waals surface area contributed by atoms with Crippen LogP contribution in [0.2, 0.25) is 0 Å². The van der Waals surface area contributed by atoms with E-state index in [0.29, 0.717) is 18.4 Å². The zero-order valence-electron chi connectivity index (χ0n) is 32.1. The van der Waals surface area contributed by atoms with Crippen molar-refractivity contribution in [1.29, 1.82) is 0 Å². The van der Waals surface area contributed by atoms with Crippen LogP contribution < -0.4 is 0 Å². The summed E-state index contributed by atoms with van der Waals surface area (Å²) >= 11 is 0. The van der Waals surface area contributed by atoms with Gasteiger partial charge in [0.25, 0.3) is 0 Å². The molecule has 1 aromatic rings. The van der Waals surface area contributed by atoms with Crippen LogP contribution in [0.15, 0.2) is 42.0 Å². The summed E-state index contributed by atoms with van der Waals surface area (Å²) in [5, 5.41) is 41.3. The molecule has 51 heavy (non-hydrogen) atoms. The van der Waals surface area contributed by atoms with Crippen LogP contribution in [0, 0.1) is 50.2 Å². The Morgan fingerprint density at radius 3 is 2.25 bits per heavy atom. The molecule has 0 radical (unpaired) electrons. The smallest absolute Gasteiger partial charge is 0.313 e. The van der Waals surface area contributed by atoms with Crippen molar-refractivity contribution < 1.29 is 39.4 Å².